The molecule has 0 spiro atoms. The Hall–Kier alpha value is -1.45. The molecule has 0 aliphatic heterocycles. The smallest absolute Gasteiger partial charge is 0.126 e. The first-order chi connectivity index (χ1) is 9.11. The lowest BCUT2D eigenvalue weighted by Gasteiger charge is -2.16. The van der Waals surface area contributed by atoms with Crippen LogP contribution in [-0.4, -0.2) is 11.7 Å². The fourth-order valence-corrected chi connectivity index (χ4v) is 2.24. The zero-order valence-corrected chi connectivity index (χ0v) is 10.9. The van der Waals surface area contributed by atoms with Gasteiger partial charge in [0.15, 0.2) is 0 Å². The molecule has 0 radical (unpaired) electrons. The van der Waals surface area contributed by atoms with E-state index < -0.39 is 11.7 Å². The molecular formula is C15H13ClF2O. The van der Waals surface area contributed by atoms with E-state index in [1.165, 1.54) is 24.3 Å². The number of halogens is 3. The van der Waals surface area contributed by atoms with E-state index in [0.29, 0.717) is 16.1 Å². The largest absolute Gasteiger partial charge is 0.396 e. The first kappa shape index (κ1) is 14.0. The standard InChI is InChI=1S/C15H13ClF2O/c16-14-6-5-12(17)8-10(14)7-11(9-19)13-3-1-2-4-15(13)18/h1-6,8,11,19H,7,9H2. The molecule has 0 aliphatic rings. The van der Waals surface area contributed by atoms with Crippen molar-refractivity contribution in [2.24, 2.45) is 0 Å². The van der Waals surface area contributed by atoms with Gasteiger partial charge in [-0.2, -0.15) is 0 Å². The highest BCUT2D eigenvalue weighted by atomic mass is 35.5. The van der Waals surface area contributed by atoms with Gasteiger partial charge >= 0.3 is 0 Å². The molecule has 2 aromatic rings. The van der Waals surface area contributed by atoms with Crippen LogP contribution in [0.5, 0.6) is 0 Å². The molecule has 0 bridgehead atoms. The van der Waals surface area contributed by atoms with Gasteiger partial charge in [-0.05, 0) is 41.8 Å². The topological polar surface area (TPSA) is 20.2 Å². The predicted octanol–water partition coefficient (Wildman–Crippen LogP) is 3.94. The number of rotatable bonds is 4. The summed E-state index contributed by atoms with van der Waals surface area (Å²) in [7, 11) is 0. The van der Waals surface area contributed by atoms with Crippen LogP contribution in [-0.2, 0) is 6.42 Å². The molecule has 1 nitrogen and oxygen atoms in total. The van der Waals surface area contributed by atoms with Gasteiger partial charge in [0.2, 0.25) is 0 Å². The van der Waals surface area contributed by atoms with Crippen molar-refractivity contribution >= 4 is 11.6 Å². The summed E-state index contributed by atoms with van der Waals surface area (Å²) < 4.78 is 26.9. The van der Waals surface area contributed by atoms with E-state index in [-0.39, 0.29) is 18.8 Å². The first-order valence-corrected chi connectivity index (χ1v) is 6.29. The minimum absolute atomic E-state index is 0.228. The molecule has 19 heavy (non-hydrogen) atoms. The van der Waals surface area contributed by atoms with Crippen molar-refractivity contribution in [3.05, 3.63) is 70.2 Å². The maximum Gasteiger partial charge on any atom is 0.126 e. The average Bonchev–Trinajstić information content (AvgIpc) is 2.41. The number of benzene rings is 2. The third-order valence-corrected chi connectivity index (χ3v) is 3.41. The summed E-state index contributed by atoms with van der Waals surface area (Å²) >= 11 is 5.98. The Balaban J connectivity index is 2.29. The molecule has 0 fully saturated rings. The van der Waals surface area contributed by atoms with Crippen LogP contribution in [0.1, 0.15) is 17.0 Å². The minimum atomic E-state index is -0.444. The second-order valence-electron chi connectivity index (χ2n) is 4.34. The second kappa shape index (κ2) is 6.13. The summed E-state index contributed by atoms with van der Waals surface area (Å²) in [5.74, 6) is -1.22. The van der Waals surface area contributed by atoms with Crippen LogP contribution in [0.4, 0.5) is 8.78 Å². The molecule has 0 saturated carbocycles. The van der Waals surface area contributed by atoms with Gasteiger partial charge in [0, 0.05) is 10.9 Å². The fraction of sp³-hybridized carbons (Fsp3) is 0.200. The summed E-state index contributed by atoms with van der Waals surface area (Å²) in [5.41, 5.74) is 0.967. The molecule has 1 atom stereocenters. The number of hydrogen-bond acceptors (Lipinski definition) is 1. The summed E-state index contributed by atoms with van der Waals surface area (Å²) in [5, 5.41) is 9.84. The zero-order chi connectivity index (χ0) is 13.8. The Bertz CT molecular complexity index is 572. The van der Waals surface area contributed by atoms with Gasteiger partial charge in [0.05, 0.1) is 6.61 Å². The summed E-state index contributed by atoms with van der Waals surface area (Å²) in [6, 6.07) is 10.3. The Kier molecular flexibility index (Phi) is 4.51. The molecule has 4 heteroatoms. The molecule has 0 aromatic heterocycles. The molecule has 100 valence electrons. The van der Waals surface area contributed by atoms with Crippen molar-refractivity contribution in [2.45, 2.75) is 12.3 Å². The molecule has 2 rings (SSSR count). The van der Waals surface area contributed by atoms with Crippen LogP contribution in [0.3, 0.4) is 0 Å². The van der Waals surface area contributed by atoms with E-state index in [0.717, 1.165) is 0 Å². The summed E-state index contributed by atoms with van der Waals surface area (Å²) in [4.78, 5) is 0. The molecular weight excluding hydrogens is 270 g/mol. The third kappa shape index (κ3) is 3.31. The SMILES string of the molecule is OCC(Cc1cc(F)ccc1Cl)c1ccccc1F. The molecule has 0 amide bonds. The van der Waals surface area contributed by atoms with Crippen molar-refractivity contribution in [1.29, 1.82) is 0 Å². The number of aliphatic hydroxyl groups is 1. The maximum atomic E-state index is 13.7. The highest BCUT2D eigenvalue weighted by Gasteiger charge is 2.17. The van der Waals surface area contributed by atoms with E-state index in [2.05, 4.69) is 0 Å². The number of hydrogen-bond donors (Lipinski definition) is 1. The van der Waals surface area contributed by atoms with E-state index >= 15 is 0 Å². The lowest BCUT2D eigenvalue weighted by atomic mass is 9.92. The van der Waals surface area contributed by atoms with Crippen LogP contribution >= 0.6 is 11.6 Å². The van der Waals surface area contributed by atoms with Crippen molar-refractivity contribution < 1.29 is 13.9 Å². The zero-order valence-electron chi connectivity index (χ0n) is 10.1. The molecule has 1 unspecified atom stereocenters. The van der Waals surface area contributed by atoms with Gasteiger partial charge < -0.3 is 5.11 Å². The van der Waals surface area contributed by atoms with Crippen molar-refractivity contribution in [3.8, 4) is 0 Å². The quantitative estimate of drug-likeness (QED) is 0.901. The Morgan fingerprint density at radius 2 is 1.84 bits per heavy atom. The molecule has 2 aromatic carbocycles. The van der Waals surface area contributed by atoms with Crippen molar-refractivity contribution in [1.82, 2.24) is 0 Å². The maximum absolute atomic E-state index is 13.7. The highest BCUT2D eigenvalue weighted by molar-refractivity contribution is 6.31. The average molecular weight is 283 g/mol. The minimum Gasteiger partial charge on any atom is -0.396 e. The number of aliphatic hydroxyl groups excluding tert-OH is 1. The van der Waals surface area contributed by atoms with Crippen molar-refractivity contribution in [2.75, 3.05) is 6.61 Å². The van der Waals surface area contributed by atoms with E-state index in [1.54, 1.807) is 18.2 Å². The van der Waals surface area contributed by atoms with Gasteiger partial charge in [-0.1, -0.05) is 29.8 Å². The van der Waals surface area contributed by atoms with Crippen LogP contribution in [0, 0.1) is 11.6 Å². The highest BCUT2D eigenvalue weighted by Crippen LogP contribution is 2.27. The first-order valence-electron chi connectivity index (χ1n) is 5.91. The monoisotopic (exact) mass is 282 g/mol. The van der Waals surface area contributed by atoms with E-state index in [1.807, 2.05) is 0 Å². The fourth-order valence-electron chi connectivity index (χ4n) is 2.04. The van der Waals surface area contributed by atoms with E-state index in [4.69, 9.17) is 11.6 Å². The molecule has 1 N–H and O–H groups in total. The van der Waals surface area contributed by atoms with E-state index in [9.17, 15) is 13.9 Å². The third-order valence-electron chi connectivity index (χ3n) is 3.04. The Morgan fingerprint density at radius 3 is 2.53 bits per heavy atom. The summed E-state index contributed by atoms with van der Waals surface area (Å²) in [6.45, 7) is -0.228. The molecule has 0 saturated heterocycles. The Morgan fingerprint density at radius 1 is 1.11 bits per heavy atom. The molecule has 0 heterocycles. The van der Waals surface area contributed by atoms with Crippen LogP contribution in [0.15, 0.2) is 42.5 Å². The second-order valence-corrected chi connectivity index (χ2v) is 4.75. The van der Waals surface area contributed by atoms with Gasteiger partial charge in [-0.15, -0.1) is 0 Å². The normalized spacial score (nSPS) is 12.4. The predicted molar refractivity (Wildman–Crippen MR) is 71.3 cm³/mol. The lowest BCUT2D eigenvalue weighted by molar-refractivity contribution is 0.261. The van der Waals surface area contributed by atoms with Gasteiger partial charge in [-0.3, -0.25) is 0 Å². The van der Waals surface area contributed by atoms with Gasteiger partial charge in [0.1, 0.15) is 11.6 Å². The molecule has 0 aliphatic carbocycles. The van der Waals surface area contributed by atoms with Crippen LogP contribution in [0.2, 0.25) is 5.02 Å². The Labute approximate surface area is 115 Å². The lowest BCUT2D eigenvalue weighted by Crippen LogP contribution is -2.10. The van der Waals surface area contributed by atoms with Gasteiger partial charge in [-0.25, -0.2) is 8.78 Å². The van der Waals surface area contributed by atoms with Gasteiger partial charge in [0.25, 0.3) is 0 Å². The summed E-state index contributed by atoms with van der Waals surface area (Å²) in [6.07, 6.45) is 0.286. The van der Waals surface area contributed by atoms with Crippen molar-refractivity contribution in [3.63, 3.8) is 0 Å². The van der Waals surface area contributed by atoms with Crippen LogP contribution < -0.4 is 0 Å². The van der Waals surface area contributed by atoms with Crippen LogP contribution in [0.25, 0.3) is 0 Å².